The first kappa shape index (κ1) is 15.8. The number of rotatable bonds is 9. The van der Waals surface area contributed by atoms with Gasteiger partial charge in [0.2, 0.25) is 0 Å². The van der Waals surface area contributed by atoms with Crippen LogP contribution in [0.2, 0.25) is 0 Å². The molecule has 4 nitrogen and oxygen atoms in total. The van der Waals surface area contributed by atoms with Crippen LogP contribution in [0.5, 0.6) is 0 Å². The maximum absolute atomic E-state index is 9.54. The van der Waals surface area contributed by atoms with Crippen LogP contribution in [0.1, 0.15) is 40.5 Å². The molecule has 0 unspecified atom stereocenters. The van der Waals surface area contributed by atoms with E-state index in [0.717, 1.165) is 6.42 Å². The topological polar surface area (TPSA) is 64.7 Å². The normalized spacial score (nSPS) is 13.1. The predicted octanol–water partition coefficient (Wildman–Crippen LogP) is 1.31. The Hall–Kier alpha value is -0.160. The van der Waals surface area contributed by atoms with Crippen LogP contribution in [0, 0.1) is 0 Å². The van der Waals surface area contributed by atoms with E-state index >= 15 is 0 Å². The third kappa shape index (κ3) is 10.4. The molecule has 0 radical (unpaired) electrons. The van der Waals surface area contributed by atoms with Gasteiger partial charge in [-0.25, -0.2) is 0 Å². The van der Waals surface area contributed by atoms with Crippen molar-refractivity contribution in [1.82, 2.24) is 0 Å². The van der Waals surface area contributed by atoms with Crippen LogP contribution < -0.4 is 5.73 Å². The molecule has 0 spiro atoms. The largest absolute Gasteiger partial charge is 0.390 e. The van der Waals surface area contributed by atoms with Crippen molar-refractivity contribution >= 4 is 0 Å². The summed E-state index contributed by atoms with van der Waals surface area (Å²) in [6, 6.07) is 0. The molecule has 0 aliphatic carbocycles. The third-order valence-corrected chi connectivity index (χ3v) is 2.32. The summed E-state index contributed by atoms with van der Waals surface area (Å²) in [5.41, 5.74) is 4.45. The number of hydrogen-bond donors (Lipinski definition) is 2. The molecule has 0 amide bonds. The summed E-state index contributed by atoms with van der Waals surface area (Å²) in [6.45, 7) is 10.0. The maximum Gasteiger partial charge on any atom is 0.0648 e. The molecule has 3 N–H and O–H groups in total. The highest BCUT2D eigenvalue weighted by atomic mass is 16.5. The lowest BCUT2D eigenvalue weighted by Gasteiger charge is -2.27. The van der Waals surface area contributed by atoms with Crippen LogP contribution >= 0.6 is 0 Å². The van der Waals surface area contributed by atoms with Gasteiger partial charge in [0.1, 0.15) is 0 Å². The van der Waals surface area contributed by atoms with Crippen LogP contribution in [0.3, 0.4) is 0 Å². The minimum atomic E-state index is -0.661. The van der Waals surface area contributed by atoms with E-state index < -0.39 is 5.60 Å². The van der Waals surface area contributed by atoms with E-state index in [1.54, 1.807) is 13.8 Å². The summed E-state index contributed by atoms with van der Waals surface area (Å²) in [4.78, 5) is 0. The second kappa shape index (κ2) is 7.22. The lowest BCUT2D eigenvalue weighted by molar-refractivity contribution is -0.0608. The zero-order chi connectivity index (χ0) is 12.7. The summed E-state index contributed by atoms with van der Waals surface area (Å²) in [7, 11) is 0. The molecule has 0 atom stereocenters. The number of nitrogens with two attached hydrogens (primary N) is 1. The molecule has 4 heteroatoms. The van der Waals surface area contributed by atoms with Gasteiger partial charge >= 0.3 is 0 Å². The maximum atomic E-state index is 9.54. The Morgan fingerprint density at radius 2 is 1.62 bits per heavy atom. The number of aliphatic hydroxyl groups is 1. The molecular formula is C12H27NO3. The van der Waals surface area contributed by atoms with Gasteiger partial charge in [-0.15, -0.1) is 0 Å². The summed E-state index contributed by atoms with van der Waals surface area (Å²) in [6.07, 6.45) is 1.47. The minimum absolute atomic E-state index is 0.208. The molecule has 98 valence electrons. The predicted molar refractivity (Wildman–Crippen MR) is 65.4 cm³/mol. The van der Waals surface area contributed by atoms with E-state index in [4.69, 9.17) is 15.2 Å². The zero-order valence-corrected chi connectivity index (χ0v) is 11.1. The van der Waals surface area contributed by atoms with Crippen molar-refractivity contribution in [2.45, 2.75) is 51.7 Å². The quantitative estimate of drug-likeness (QED) is 0.589. The molecule has 0 aliphatic rings. The summed E-state index contributed by atoms with van der Waals surface area (Å²) in [5.74, 6) is 0. The van der Waals surface area contributed by atoms with Gasteiger partial charge in [-0.2, -0.15) is 0 Å². The molecule has 0 aromatic carbocycles. The summed E-state index contributed by atoms with van der Waals surface area (Å²) < 4.78 is 11.0. The van der Waals surface area contributed by atoms with E-state index in [1.807, 2.05) is 13.8 Å². The standard InChI is InChI=1S/C12H27NO3/c1-11(2,14)5-9-16-12(3,4)6-8-15-10-7-13/h14H,5-10,13H2,1-4H3. The van der Waals surface area contributed by atoms with Crippen LogP contribution in [-0.2, 0) is 9.47 Å². The molecule has 0 aromatic rings. The van der Waals surface area contributed by atoms with E-state index in [-0.39, 0.29) is 5.60 Å². The van der Waals surface area contributed by atoms with Crippen molar-refractivity contribution in [1.29, 1.82) is 0 Å². The molecule has 0 saturated heterocycles. The van der Waals surface area contributed by atoms with Gasteiger partial charge in [-0.3, -0.25) is 0 Å². The lowest BCUT2D eigenvalue weighted by Crippen LogP contribution is -2.30. The Morgan fingerprint density at radius 1 is 1.00 bits per heavy atom. The molecule has 0 heterocycles. The van der Waals surface area contributed by atoms with Crippen LogP contribution in [0.25, 0.3) is 0 Å². The van der Waals surface area contributed by atoms with Crippen LogP contribution in [0.15, 0.2) is 0 Å². The van der Waals surface area contributed by atoms with Crippen molar-refractivity contribution in [3.8, 4) is 0 Å². The molecule has 0 fully saturated rings. The van der Waals surface area contributed by atoms with Crippen molar-refractivity contribution < 1.29 is 14.6 Å². The average molecular weight is 233 g/mol. The highest BCUT2D eigenvalue weighted by Gasteiger charge is 2.20. The first-order valence-electron chi connectivity index (χ1n) is 5.91. The van der Waals surface area contributed by atoms with Gasteiger partial charge in [0.25, 0.3) is 0 Å². The Balaban J connectivity index is 3.62. The van der Waals surface area contributed by atoms with E-state index in [0.29, 0.717) is 32.8 Å². The van der Waals surface area contributed by atoms with Crippen LogP contribution in [-0.4, -0.2) is 42.7 Å². The van der Waals surface area contributed by atoms with E-state index in [9.17, 15) is 5.11 Å². The molecule has 0 aromatic heterocycles. The highest BCUT2D eigenvalue weighted by molar-refractivity contribution is 4.70. The first-order valence-corrected chi connectivity index (χ1v) is 5.91. The van der Waals surface area contributed by atoms with E-state index in [1.165, 1.54) is 0 Å². The lowest BCUT2D eigenvalue weighted by atomic mass is 10.0. The fourth-order valence-corrected chi connectivity index (χ4v) is 1.15. The van der Waals surface area contributed by atoms with Gasteiger partial charge in [0.15, 0.2) is 0 Å². The van der Waals surface area contributed by atoms with Gasteiger partial charge in [0.05, 0.1) is 24.4 Å². The average Bonchev–Trinajstić information content (AvgIpc) is 2.10. The number of hydrogen-bond acceptors (Lipinski definition) is 4. The SMILES string of the molecule is CC(C)(O)CCOC(C)(C)CCOCCN. The van der Waals surface area contributed by atoms with Gasteiger partial charge < -0.3 is 20.3 Å². The van der Waals surface area contributed by atoms with Crippen molar-refractivity contribution in [3.05, 3.63) is 0 Å². The monoisotopic (exact) mass is 233 g/mol. The Kier molecular flexibility index (Phi) is 7.15. The Labute approximate surface area is 99.1 Å². The van der Waals surface area contributed by atoms with Gasteiger partial charge in [-0.1, -0.05) is 0 Å². The minimum Gasteiger partial charge on any atom is -0.390 e. The van der Waals surface area contributed by atoms with Crippen molar-refractivity contribution in [2.24, 2.45) is 5.73 Å². The summed E-state index contributed by atoms with van der Waals surface area (Å²) in [5, 5.41) is 9.54. The zero-order valence-electron chi connectivity index (χ0n) is 11.1. The molecule has 0 rings (SSSR count). The molecular weight excluding hydrogens is 206 g/mol. The Bertz CT molecular complexity index is 176. The van der Waals surface area contributed by atoms with Gasteiger partial charge in [-0.05, 0) is 40.5 Å². The number of ether oxygens (including phenoxy) is 2. The molecule has 0 bridgehead atoms. The van der Waals surface area contributed by atoms with Crippen LogP contribution in [0.4, 0.5) is 0 Å². The smallest absolute Gasteiger partial charge is 0.0648 e. The molecule has 0 aliphatic heterocycles. The summed E-state index contributed by atoms with van der Waals surface area (Å²) >= 11 is 0. The van der Waals surface area contributed by atoms with Crippen molar-refractivity contribution in [3.63, 3.8) is 0 Å². The highest BCUT2D eigenvalue weighted by Crippen LogP contribution is 2.17. The van der Waals surface area contributed by atoms with Crippen molar-refractivity contribution in [2.75, 3.05) is 26.4 Å². The first-order chi connectivity index (χ1) is 7.27. The Morgan fingerprint density at radius 3 is 2.12 bits per heavy atom. The second-order valence-electron chi connectivity index (χ2n) is 5.32. The van der Waals surface area contributed by atoms with E-state index in [2.05, 4.69) is 0 Å². The van der Waals surface area contributed by atoms with Gasteiger partial charge in [0, 0.05) is 13.2 Å². The third-order valence-electron chi connectivity index (χ3n) is 2.32. The fraction of sp³-hybridized carbons (Fsp3) is 1.00. The molecule has 16 heavy (non-hydrogen) atoms. The fourth-order valence-electron chi connectivity index (χ4n) is 1.15. The molecule has 0 saturated carbocycles. The second-order valence-corrected chi connectivity index (χ2v) is 5.32.